The van der Waals surface area contributed by atoms with Gasteiger partial charge in [-0.3, -0.25) is 24.0 Å². The fourth-order valence-corrected chi connectivity index (χ4v) is 13.3. The SMILES string of the molecule is CCC=CCC=CCC=CCC=CCC=CCC=CCCC(=O)O[C@H]1C[C@H]2OC[C@@]2(OC(C)=O)[C@H]2[C@H](OC(=O)c3ccccc3)[C@]3(O)CC4(OC(=O)[C@H](O)C(NC(=O)c5ccccc5)c5ccccc5)C(C)C(=C(OC(C)=O)C(=O)[C@]12C)[C@@]43C. The zero-order valence-electron chi connectivity index (χ0n) is 48.6. The Bertz CT molecular complexity index is 3130. The Morgan fingerprint density at radius 1 is 0.714 bits per heavy atom. The summed E-state index contributed by atoms with van der Waals surface area (Å²) < 4.78 is 37.7. The third kappa shape index (κ3) is 12.1. The van der Waals surface area contributed by atoms with Crippen LogP contribution in [0, 0.1) is 22.7 Å². The lowest BCUT2D eigenvalue weighted by Crippen LogP contribution is -2.91. The summed E-state index contributed by atoms with van der Waals surface area (Å²) in [4.78, 5) is 100. The van der Waals surface area contributed by atoms with Crippen molar-refractivity contribution in [1.29, 1.82) is 0 Å². The lowest BCUT2D eigenvalue weighted by molar-refractivity contribution is -0.396. The first-order valence-corrected chi connectivity index (χ1v) is 29.0. The van der Waals surface area contributed by atoms with E-state index >= 15 is 4.79 Å². The standard InChI is InChI=1S/C68H77NO15/c1-7-8-9-10-11-12-13-14-15-16-17-18-19-20-21-22-23-24-34-41-53(72)81-51-42-52-66(44-79-52,83-47(4)71)58-60(82-62(76)50-39-32-27-33-40-50)67(78)43-68(45(2)54(65(67,68)6)57(80-46(3)70)59(74)64(51,58)5)84-63(77)56(73)55(48-35-28-25-29-36-48)69-61(75)49-37-30-26-31-38-49/h8-9,11-12,14-15,17-18,20-21,23-33,35-40,45,51-52,55-56,58,60,73,78H,7,10,13,16,19,22,34,41-44H2,1-6H3,(H,69,75)/t45?,51-,52+,55?,56+,58-,60-,64+,65+,66-,67+,68?/m0/s1. The molecule has 16 heteroatoms. The Hall–Kier alpha value is -7.79. The van der Waals surface area contributed by atoms with Gasteiger partial charge in [0.15, 0.2) is 17.5 Å². The number of rotatable bonds is 25. The van der Waals surface area contributed by atoms with E-state index in [1.54, 1.807) is 85.8 Å². The number of ketones is 1. The summed E-state index contributed by atoms with van der Waals surface area (Å²) in [6.45, 7) is 8.57. The molecule has 0 radical (unpaired) electrons. The van der Waals surface area contributed by atoms with E-state index in [4.69, 9.17) is 28.4 Å². The lowest BCUT2D eigenvalue weighted by atomic mass is 9.28. The van der Waals surface area contributed by atoms with E-state index in [2.05, 4.69) is 66.9 Å². The predicted octanol–water partition coefficient (Wildman–Crippen LogP) is 10.3. The fraction of sp³-hybridized carbons (Fsp3) is 0.426. The van der Waals surface area contributed by atoms with E-state index in [1.807, 2.05) is 18.2 Å². The number of esters is 5. The molecule has 3 aromatic carbocycles. The predicted molar refractivity (Wildman–Crippen MR) is 312 cm³/mol. The van der Waals surface area contributed by atoms with E-state index in [-0.39, 0.29) is 42.6 Å². The first-order chi connectivity index (χ1) is 40.3. The van der Waals surface area contributed by atoms with Gasteiger partial charge in [0.25, 0.3) is 5.91 Å². The van der Waals surface area contributed by atoms with Crippen molar-refractivity contribution in [3.05, 3.63) is 192 Å². The summed E-state index contributed by atoms with van der Waals surface area (Å²) in [6.07, 6.45) is 23.2. The van der Waals surface area contributed by atoms with Crippen LogP contribution in [0.5, 0.6) is 0 Å². The van der Waals surface area contributed by atoms with Gasteiger partial charge in [-0.05, 0) is 94.2 Å². The molecule has 8 rings (SSSR count). The van der Waals surface area contributed by atoms with Gasteiger partial charge < -0.3 is 44.0 Å². The highest BCUT2D eigenvalue weighted by molar-refractivity contribution is 6.03. The average Bonchev–Trinajstić information content (AvgIpc) is 0.663. The Kier molecular flexibility index (Phi) is 19.9. The maximum atomic E-state index is 16.2. The third-order valence-electron chi connectivity index (χ3n) is 17.5. The van der Waals surface area contributed by atoms with Crippen molar-refractivity contribution >= 4 is 41.5 Å². The van der Waals surface area contributed by atoms with Gasteiger partial charge in [0, 0.05) is 44.6 Å². The van der Waals surface area contributed by atoms with Crippen LogP contribution in [0.25, 0.3) is 0 Å². The van der Waals surface area contributed by atoms with Crippen molar-refractivity contribution < 1.29 is 72.2 Å². The summed E-state index contributed by atoms with van der Waals surface area (Å²) in [7, 11) is 0. The minimum absolute atomic E-state index is 0.0207. The number of hydrogen-bond acceptors (Lipinski definition) is 15. The number of aliphatic hydroxyl groups is 2. The highest BCUT2D eigenvalue weighted by Gasteiger charge is 2.91. The summed E-state index contributed by atoms with van der Waals surface area (Å²) in [5.41, 5.74) is -9.42. The van der Waals surface area contributed by atoms with E-state index in [0.717, 1.165) is 46.0 Å². The summed E-state index contributed by atoms with van der Waals surface area (Å²) in [6, 6.07) is 23.0. The molecule has 3 aromatic rings. The second kappa shape index (κ2) is 26.8. The maximum Gasteiger partial charge on any atom is 0.338 e. The molecule has 1 amide bonds. The first kappa shape index (κ1) is 62.3. The molecule has 3 unspecified atom stereocenters. The molecule has 3 saturated carbocycles. The first-order valence-electron chi connectivity index (χ1n) is 29.0. The molecule has 84 heavy (non-hydrogen) atoms. The second-order valence-electron chi connectivity index (χ2n) is 22.6. The topological polar surface area (TPSA) is 227 Å². The smallest absolute Gasteiger partial charge is 0.338 e. The summed E-state index contributed by atoms with van der Waals surface area (Å²) in [5, 5.41) is 28.7. The highest BCUT2D eigenvalue weighted by Crippen LogP contribution is 2.80. The van der Waals surface area contributed by atoms with Crippen LogP contribution < -0.4 is 5.32 Å². The number of aliphatic hydroxyl groups excluding tert-OH is 1. The molecule has 0 spiro atoms. The minimum atomic E-state index is -2.38. The minimum Gasteiger partial charge on any atom is -0.461 e. The van der Waals surface area contributed by atoms with Crippen molar-refractivity contribution in [3.8, 4) is 0 Å². The van der Waals surface area contributed by atoms with Gasteiger partial charge in [0.2, 0.25) is 5.78 Å². The van der Waals surface area contributed by atoms with Crippen LogP contribution in [-0.2, 0) is 52.4 Å². The van der Waals surface area contributed by atoms with Gasteiger partial charge in [0.1, 0.15) is 29.5 Å². The quantitative estimate of drug-likeness (QED) is 0.0407. The maximum absolute atomic E-state index is 16.2. The molecular formula is C68H77NO15. The van der Waals surface area contributed by atoms with Crippen LogP contribution in [0.2, 0.25) is 0 Å². The van der Waals surface area contributed by atoms with Gasteiger partial charge in [0.05, 0.1) is 35.0 Å². The molecule has 1 heterocycles. The highest BCUT2D eigenvalue weighted by atomic mass is 16.6. The fourth-order valence-electron chi connectivity index (χ4n) is 13.3. The molecule has 1 saturated heterocycles. The molecule has 0 bridgehead atoms. The zero-order chi connectivity index (χ0) is 60.3. The molecule has 5 aliphatic rings. The van der Waals surface area contributed by atoms with Gasteiger partial charge in [-0.1, -0.05) is 153 Å². The van der Waals surface area contributed by atoms with E-state index < -0.39 is 124 Å². The van der Waals surface area contributed by atoms with E-state index in [9.17, 15) is 39.0 Å². The molecule has 1 aliphatic heterocycles. The molecule has 16 nitrogen and oxygen atoms in total. The Balaban J connectivity index is 1.09. The molecule has 4 aliphatic carbocycles. The number of Topliss-reactive ketones (excluding diaryl/α,β-unsaturated/α-hetero) is 1. The normalized spacial score (nSPS) is 29.4. The van der Waals surface area contributed by atoms with E-state index in [0.29, 0.717) is 12.0 Å². The Morgan fingerprint density at radius 3 is 1.77 bits per heavy atom. The van der Waals surface area contributed by atoms with Crippen molar-refractivity contribution in [1.82, 2.24) is 5.32 Å². The summed E-state index contributed by atoms with van der Waals surface area (Å²) >= 11 is 0. The van der Waals surface area contributed by atoms with E-state index in [1.165, 1.54) is 26.0 Å². The number of benzene rings is 3. The Labute approximate surface area is 491 Å². The molecule has 444 valence electrons. The van der Waals surface area contributed by atoms with Crippen molar-refractivity contribution in [2.75, 3.05) is 6.61 Å². The molecule has 12 atom stereocenters. The molecular weight excluding hydrogens is 1070 g/mol. The third-order valence-corrected chi connectivity index (χ3v) is 17.5. The van der Waals surface area contributed by atoms with Crippen LogP contribution in [-0.4, -0.2) is 99.6 Å². The number of allylic oxidation sites excluding steroid dienone is 13. The largest absolute Gasteiger partial charge is 0.461 e. The number of nitrogens with one attached hydrogen (secondary N) is 1. The van der Waals surface area contributed by atoms with Gasteiger partial charge in [-0.15, -0.1) is 0 Å². The number of amides is 1. The van der Waals surface area contributed by atoms with Crippen LogP contribution >= 0.6 is 0 Å². The number of carbonyl (C=O) groups is 7. The van der Waals surface area contributed by atoms with Crippen molar-refractivity contribution in [2.24, 2.45) is 22.7 Å². The van der Waals surface area contributed by atoms with Crippen LogP contribution in [0.1, 0.15) is 138 Å². The van der Waals surface area contributed by atoms with Gasteiger partial charge >= 0.3 is 29.8 Å². The van der Waals surface area contributed by atoms with Gasteiger partial charge in [-0.2, -0.15) is 0 Å². The summed E-state index contributed by atoms with van der Waals surface area (Å²) in [5.74, 6) is -9.26. The number of ether oxygens (including phenoxy) is 6. The van der Waals surface area contributed by atoms with Crippen molar-refractivity contribution in [2.45, 2.75) is 153 Å². The number of hydrogen-bond donors (Lipinski definition) is 3. The van der Waals surface area contributed by atoms with Crippen LogP contribution in [0.3, 0.4) is 0 Å². The lowest BCUT2D eigenvalue weighted by Gasteiger charge is -2.79. The molecule has 0 aromatic heterocycles. The average molecular weight is 1150 g/mol. The van der Waals surface area contributed by atoms with Gasteiger partial charge in [-0.25, -0.2) is 9.59 Å². The second-order valence-corrected chi connectivity index (χ2v) is 22.6. The number of carbonyl (C=O) groups excluding carboxylic acids is 7. The molecule has 4 fully saturated rings. The number of fused-ring (bicyclic) bond motifs is 3. The van der Waals surface area contributed by atoms with Crippen molar-refractivity contribution in [3.63, 3.8) is 0 Å². The van der Waals surface area contributed by atoms with Crippen LogP contribution in [0.15, 0.2) is 175 Å². The Morgan fingerprint density at radius 2 is 1.25 bits per heavy atom. The van der Waals surface area contributed by atoms with Crippen LogP contribution in [0.4, 0.5) is 0 Å². The zero-order valence-corrected chi connectivity index (χ0v) is 48.6. The monoisotopic (exact) mass is 1150 g/mol. The molecule has 3 N–H and O–H groups in total.